The van der Waals surface area contributed by atoms with Gasteiger partial charge < -0.3 is 14.9 Å². The van der Waals surface area contributed by atoms with Crippen molar-refractivity contribution in [3.05, 3.63) is 76.1 Å². The van der Waals surface area contributed by atoms with Crippen molar-refractivity contribution in [3.63, 3.8) is 0 Å². The number of benzene rings is 2. The monoisotopic (exact) mass is 432 g/mol. The Kier molecular flexibility index (Phi) is 5.66. The third-order valence-corrected chi connectivity index (χ3v) is 4.30. The van der Waals surface area contributed by atoms with Crippen molar-refractivity contribution in [1.29, 1.82) is 0 Å². The maximum absolute atomic E-state index is 13.0. The van der Waals surface area contributed by atoms with Crippen molar-refractivity contribution in [1.82, 2.24) is 10.5 Å². The number of hydrogen-bond donors (Lipinski definition) is 2. The third-order valence-electron chi connectivity index (χ3n) is 3.81. The molecule has 1 heterocycles. The van der Waals surface area contributed by atoms with E-state index in [2.05, 4.69) is 26.4 Å². The second kappa shape index (κ2) is 8.13. The number of amides is 1. The molecule has 0 aliphatic heterocycles. The average molecular weight is 433 g/mol. The maximum atomic E-state index is 13.0. The van der Waals surface area contributed by atoms with Crippen molar-refractivity contribution in [2.75, 3.05) is 0 Å². The van der Waals surface area contributed by atoms with Gasteiger partial charge in [0.15, 0.2) is 11.5 Å². The van der Waals surface area contributed by atoms with Gasteiger partial charge in [0, 0.05) is 16.1 Å². The summed E-state index contributed by atoms with van der Waals surface area (Å²) in [5, 5.41) is 15.5. The molecule has 1 atom stereocenters. The molecule has 27 heavy (non-hydrogen) atoms. The summed E-state index contributed by atoms with van der Waals surface area (Å²) in [7, 11) is 0. The molecule has 3 aromatic rings. The van der Waals surface area contributed by atoms with E-state index in [1.807, 2.05) is 0 Å². The van der Waals surface area contributed by atoms with Crippen LogP contribution in [0.3, 0.4) is 0 Å². The molecule has 6 nitrogen and oxygen atoms in total. The average Bonchev–Trinajstić information content (AvgIpc) is 3.11. The topological polar surface area (TPSA) is 92.4 Å². The van der Waals surface area contributed by atoms with Gasteiger partial charge in [0.2, 0.25) is 0 Å². The van der Waals surface area contributed by atoms with Gasteiger partial charge in [-0.2, -0.15) is 0 Å². The number of carbonyl (C=O) groups excluding carboxylic acids is 1. The van der Waals surface area contributed by atoms with Gasteiger partial charge in [0.25, 0.3) is 5.91 Å². The molecule has 0 spiro atoms. The number of nitrogens with zero attached hydrogens (tertiary/aromatic N) is 1. The zero-order valence-corrected chi connectivity index (χ0v) is 15.4. The van der Waals surface area contributed by atoms with Crippen LogP contribution in [0.4, 0.5) is 4.39 Å². The molecule has 0 aliphatic carbocycles. The summed E-state index contributed by atoms with van der Waals surface area (Å²) in [6.45, 7) is 0. The molecule has 3 rings (SSSR count). The van der Waals surface area contributed by atoms with E-state index in [1.165, 1.54) is 30.3 Å². The fraction of sp³-hybridized carbons (Fsp3) is 0.105. The quantitative estimate of drug-likeness (QED) is 0.608. The number of carbonyl (C=O) groups is 2. The maximum Gasteiger partial charge on any atom is 0.305 e. The number of carboxylic acid groups (broad SMARTS) is 1. The Hall–Kier alpha value is -3.00. The molecule has 8 heteroatoms. The normalized spacial score (nSPS) is 11.8. The number of nitrogens with one attached hydrogen (secondary N) is 1. The van der Waals surface area contributed by atoms with E-state index in [0.29, 0.717) is 16.9 Å². The minimum Gasteiger partial charge on any atom is -0.481 e. The van der Waals surface area contributed by atoms with Gasteiger partial charge in [-0.3, -0.25) is 9.59 Å². The van der Waals surface area contributed by atoms with Crippen LogP contribution < -0.4 is 5.32 Å². The number of aromatic nitrogens is 1. The van der Waals surface area contributed by atoms with Gasteiger partial charge in [-0.15, -0.1) is 0 Å². The molecule has 0 radical (unpaired) electrons. The zero-order valence-electron chi connectivity index (χ0n) is 13.9. The standard InChI is InChI=1S/C19H14BrFN2O4/c20-13-3-1-2-12(8-13)15(10-18(24)25)22-19(26)16-9-17(27-23-16)11-4-6-14(21)7-5-11/h1-9,15H,10H2,(H,22,26)(H,24,25). The van der Waals surface area contributed by atoms with Crippen LogP contribution >= 0.6 is 15.9 Å². The Bertz CT molecular complexity index is 972. The summed E-state index contributed by atoms with van der Waals surface area (Å²) < 4.78 is 18.9. The van der Waals surface area contributed by atoms with Gasteiger partial charge in [0.1, 0.15) is 5.82 Å². The van der Waals surface area contributed by atoms with E-state index in [9.17, 15) is 14.0 Å². The minimum absolute atomic E-state index is 0.000268. The van der Waals surface area contributed by atoms with Crippen LogP contribution in [-0.4, -0.2) is 22.1 Å². The summed E-state index contributed by atoms with van der Waals surface area (Å²) in [4.78, 5) is 23.7. The van der Waals surface area contributed by atoms with Crippen LogP contribution in [0.25, 0.3) is 11.3 Å². The lowest BCUT2D eigenvalue weighted by molar-refractivity contribution is -0.137. The Morgan fingerprint density at radius 1 is 1.19 bits per heavy atom. The summed E-state index contributed by atoms with van der Waals surface area (Å²) >= 11 is 3.33. The van der Waals surface area contributed by atoms with Crippen molar-refractivity contribution in [2.45, 2.75) is 12.5 Å². The van der Waals surface area contributed by atoms with E-state index >= 15 is 0 Å². The number of halogens is 2. The lowest BCUT2D eigenvalue weighted by Crippen LogP contribution is -2.30. The Labute approximate surface area is 162 Å². The molecule has 138 valence electrons. The first-order valence-electron chi connectivity index (χ1n) is 7.93. The van der Waals surface area contributed by atoms with Crippen molar-refractivity contribution < 1.29 is 23.6 Å². The lowest BCUT2D eigenvalue weighted by atomic mass is 10.0. The van der Waals surface area contributed by atoms with Crippen LogP contribution in [-0.2, 0) is 4.79 Å². The highest BCUT2D eigenvalue weighted by Crippen LogP contribution is 2.23. The van der Waals surface area contributed by atoms with Gasteiger partial charge in [-0.25, -0.2) is 4.39 Å². The van der Waals surface area contributed by atoms with Crippen molar-refractivity contribution in [2.24, 2.45) is 0 Å². The van der Waals surface area contributed by atoms with Crippen LogP contribution in [0.2, 0.25) is 0 Å². The predicted molar refractivity (Wildman–Crippen MR) is 98.5 cm³/mol. The molecular formula is C19H14BrFN2O4. The van der Waals surface area contributed by atoms with Crippen LogP contribution in [0.15, 0.2) is 63.6 Å². The Morgan fingerprint density at radius 2 is 1.93 bits per heavy atom. The van der Waals surface area contributed by atoms with E-state index in [4.69, 9.17) is 9.63 Å². The van der Waals surface area contributed by atoms with E-state index in [1.54, 1.807) is 24.3 Å². The van der Waals surface area contributed by atoms with Gasteiger partial charge in [-0.05, 0) is 42.0 Å². The molecular weight excluding hydrogens is 419 g/mol. The number of rotatable bonds is 6. The third kappa shape index (κ3) is 4.79. The van der Waals surface area contributed by atoms with E-state index in [0.717, 1.165) is 4.47 Å². The summed E-state index contributed by atoms with van der Waals surface area (Å²) in [5.74, 6) is -1.70. The largest absolute Gasteiger partial charge is 0.481 e. The molecule has 1 unspecified atom stereocenters. The predicted octanol–water partition coefficient (Wildman–Crippen LogP) is 4.19. The molecule has 2 N–H and O–H groups in total. The Morgan fingerprint density at radius 3 is 2.59 bits per heavy atom. The smallest absolute Gasteiger partial charge is 0.305 e. The number of aliphatic carboxylic acids is 1. The van der Waals surface area contributed by atoms with E-state index in [-0.39, 0.29) is 17.9 Å². The molecule has 2 aromatic carbocycles. The first kappa shape index (κ1) is 18.8. The summed E-state index contributed by atoms with van der Waals surface area (Å²) in [6.07, 6.45) is -0.287. The molecule has 0 fully saturated rings. The fourth-order valence-corrected chi connectivity index (χ4v) is 2.93. The SMILES string of the molecule is O=C(O)CC(NC(=O)c1cc(-c2ccc(F)cc2)on1)c1cccc(Br)c1. The van der Waals surface area contributed by atoms with E-state index < -0.39 is 17.9 Å². The molecule has 0 bridgehead atoms. The molecule has 0 aliphatic rings. The van der Waals surface area contributed by atoms with Crippen LogP contribution in [0, 0.1) is 5.82 Å². The van der Waals surface area contributed by atoms with Gasteiger partial charge >= 0.3 is 5.97 Å². The van der Waals surface area contributed by atoms with Crippen molar-refractivity contribution in [3.8, 4) is 11.3 Å². The highest BCUT2D eigenvalue weighted by Gasteiger charge is 2.21. The summed E-state index contributed by atoms with van der Waals surface area (Å²) in [5.41, 5.74) is 1.21. The second-order valence-electron chi connectivity index (χ2n) is 5.76. The van der Waals surface area contributed by atoms with Crippen molar-refractivity contribution >= 4 is 27.8 Å². The zero-order chi connectivity index (χ0) is 19.4. The van der Waals surface area contributed by atoms with Gasteiger partial charge in [-0.1, -0.05) is 33.2 Å². The fourth-order valence-electron chi connectivity index (χ4n) is 2.51. The first-order valence-corrected chi connectivity index (χ1v) is 8.72. The Balaban J connectivity index is 1.79. The first-order chi connectivity index (χ1) is 12.9. The van der Waals surface area contributed by atoms with Crippen LogP contribution in [0.5, 0.6) is 0 Å². The second-order valence-corrected chi connectivity index (χ2v) is 6.68. The highest BCUT2D eigenvalue weighted by molar-refractivity contribution is 9.10. The van der Waals surface area contributed by atoms with Gasteiger partial charge in [0.05, 0.1) is 12.5 Å². The van der Waals surface area contributed by atoms with Crippen LogP contribution in [0.1, 0.15) is 28.5 Å². The number of carboxylic acids is 1. The summed E-state index contributed by atoms with van der Waals surface area (Å²) in [6, 6.07) is 13.3. The number of hydrogen-bond acceptors (Lipinski definition) is 4. The molecule has 1 amide bonds. The molecule has 0 saturated carbocycles. The lowest BCUT2D eigenvalue weighted by Gasteiger charge is -2.17. The minimum atomic E-state index is -1.05. The molecule has 1 aromatic heterocycles. The highest BCUT2D eigenvalue weighted by atomic mass is 79.9. The molecule has 0 saturated heterocycles.